The molecule has 0 radical (unpaired) electrons. The highest BCUT2D eigenvalue weighted by atomic mass is 19.1. The molecule has 1 fully saturated rings. The monoisotopic (exact) mass is 420 g/mol. The van der Waals surface area contributed by atoms with Crippen LogP contribution in [0.15, 0.2) is 60.7 Å². The first-order valence-electron chi connectivity index (χ1n) is 10.4. The van der Waals surface area contributed by atoms with Crippen LogP contribution in [-0.2, 0) is 4.79 Å². The van der Waals surface area contributed by atoms with Crippen molar-refractivity contribution in [1.29, 1.82) is 0 Å². The number of amides is 1. The van der Waals surface area contributed by atoms with Gasteiger partial charge in [-0.2, -0.15) is 0 Å². The Bertz CT molecular complexity index is 1060. The number of rotatable bonds is 7. The van der Waals surface area contributed by atoms with Crippen molar-refractivity contribution >= 4 is 17.5 Å². The summed E-state index contributed by atoms with van der Waals surface area (Å²) in [6.45, 7) is 2.84. The van der Waals surface area contributed by atoms with Crippen molar-refractivity contribution in [2.45, 2.75) is 32.2 Å². The van der Waals surface area contributed by atoms with Crippen molar-refractivity contribution in [3.8, 4) is 5.75 Å². The van der Waals surface area contributed by atoms with E-state index in [0.717, 1.165) is 30.0 Å². The van der Waals surface area contributed by atoms with Crippen LogP contribution in [0.3, 0.4) is 0 Å². The molecule has 160 valence electrons. The van der Waals surface area contributed by atoms with E-state index in [-0.39, 0.29) is 30.8 Å². The topological polar surface area (TPSA) is 67.4 Å². The summed E-state index contributed by atoms with van der Waals surface area (Å²) in [5.41, 5.74) is 1.78. The van der Waals surface area contributed by atoms with Gasteiger partial charge in [0.25, 0.3) is 0 Å². The summed E-state index contributed by atoms with van der Waals surface area (Å²) in [7, 11) is 0. The lowest BCUT2D eigenvalue weighted by Crippen LogP contribution is -2.32. The van der Waals surface area contributed by atoms with E-state index in [0.29, 0.717) is 18.1 Å². The molecule has 0 spiro atoms. The molecule has 1 amide bonds. The molecule has 3 aromatic rings. The Hall–Kier alpha value is -3.48. The fourth-order valence-corrected chi connectivity index (χ4v) is 3.78. The van der Waals surface area contributed by atoms with Crippen LogP contribution in [0.2, 0.25) is 0 Å². The van der Waals surface area contributed by atoms with Gasteiger partial charge in [-0.05, 0) is 56.2 Å². The molecule has 1 atom stereocenters. The van der Waals surface area contributed by atoms with Crippen LogP contribution >= 0.6 is 0 Å². The lowest BCUT2D eigenvalue weighted by molar-refractivity contribution is -0.132. The summed E-state index contributed by atoms with van der Waals surface area (Å²) in [6.07, 6.45) is 2.04. The minimum atomic E-state index is -0.358. The molecule has 1 aliphatic rings. The second-order valence-corrected chi connectivity index (χ2v) is 7.54. The van der Waals surface area contributed by atoms with Crippen LogP contribution in [0.5, 0.6) is 5.75 Å². The standard InChI is InChI=1S/C24H25FN4O2/c1-17-6-2-11-22(26-17)28-23-12-4-9-20(27-23)21-10-5-14-29(21)24(30)13-15-31-19-8-3-7-18(25)16-19/h2-4,6-9,11-12,16,21H,5,10,13-15H2,1H3,(H,26,27,28)/t21-/m1/s1. The van der Waals surface area contributed by atoms with Crippen LogP contribution in [-0.4, -0.2) is 33.9 Å². The first kappa shape index (κ1) is 20.8. The zero-order chi connectivity index (χ0) is 21.6. The SMILES string of the molecule is Cc1cccc(Nc2cccc([C@H]3CCCN3C(=O)CCOc3cccc(F)c3)n2)n1. The number of likely N-dealkylation sites (tertiary alicyclic amines) is 1. The number of ether oxygens (including phenoxy) is 1. The first-order valence-corrected chi connectivity index (χ1v) is 10.4. The van der Waals surface area contributed by atoms with Crippen molar-refractivity contribution in [3.63, 3.8) is 0 Å². The van der Waals surface area contributed by atoms with Gasteiger partial charge in [0.2, 0.25) is 5.91 Å². The number of carbonyl (C=O) groups excluding carboxylic acids is 1. The van der Waals surface area contributed by atoms with Crippen LogP contribution in [0.4, 0.5) is 16.0 Å². The van der Waals surface area contributed by atoms with Crippen molar-refractivity contribution < 1.29 is 13.9 Å². The number of carbonyl (C=O) groups is 1. The highest BCUT2D eigenvalue weighted by Gasteiger charge is 2.30. The summed E-state index contributed by atoms with van der Waals surface area (Å²) in [4.78, 5) is 23.9. The molecule has 1 saturated heterocycles. The maximum Gasteiger partial charge on any atom is 0.226 e. The molecule has 6 nitrogen and oxygen atoms in total. The van der Waals surface area contributed by atoms with Gasteiger partial charge in [-0.3, -0.25) is 4.79 Å². The van der Waals surface area contributed by atoms with Gasteiger partial charge in [0.15, 0.2) is 0 Å². The average Bonchev–Trinajstić information content (AvgIpc) is 3.24. The molecule has 0 saturated carbocycles. The van der Waals surface area contributed by atoms with Crippen molar-refractivity contribution in [1.82, 2.24) is 14.9 Å². The lowest BCUT2D eigenvalue weighted by Gasteiger charge is -2.25. The number of benzene rings is 1. The predicted molar refractivity (Wildman–Crippen MR) is 117 cm³/mol. The van der Waals surface area contributed by atoms with Gasteiger partial charge < -0.3 is 15.0 Å². The molecule has 1 aromatic carbocycles. The van der Waals surface area contributed by atoms with Crippen LogP contribution < -0.4 is 10.1 Å². The summed E-state index contributed by atoms with van der Waals surface area (Å²) < 4.78 is 18.8. The third-order valence-corrected chi connectivity index (χ3v) is 5.21. The molecule has 0 bridgehead atoms. The van der Waals surface area contributed by atoms with E-state index in [9.17, 15) is 9.18 Å². The molecule has 0 unspecified atom stereocenters. The molecule has 0 aliphatic carbocycles. The number of hydrogen-bond acceptors (Lipinski definition) is 5. The molecule has 1 N–H and O–H groups in total. The molecular weight excluding hydrogens is 395 g/mol. The van der Waals surface area contributed by atoms with Crippen LogP contribution in [0.1, 0.15) is 36.7 Å². The molecule has 2 aromatic heterocycles. The third kappa shape index (κ3) is 5.36. The second kappa shape index (κ2) is 9.55. The number of nitrogens with zero attached hydrogens (tertiary/aromatic N) is 3. The number of halogens is 1. The van der Waals surface area contributed by atoms with Gasteiger partial charge in [0, 0.05) is 18.3 Å². The maximum absolute atomic E-state index is 13.3. The van der Waals surface area contributed by atoms with Gasteiger partial charge in [0.05, 0.1) is 24.8 Å². The molecule has 4 rings (SSSR count). The predicted octanol–water partition coefficient (Wildman–Crippen LogP) is 4.80. The second-order valence-electron chi connectivity index (χ2n) is 7.54. The van der Waals surface area contributed by atoms with Crippen LogP contribution in [0.25, 0.3) is 0 Å². The molecule has 1 aliphatic heterocycles. The van der Waals surface area contributed by atoms with Gasteiger partial charge in [-0.15, -0.1) is 0 Å². The minimum absolute atomic E-state index is 0.0133. The molecule has 31 heavy (non-hydrogen) atoms. The smallest absolute Gasteiger partial charge is 0.226 e. The fourth-order valence-electron chi connectivity index (χ4n) is 3.78. The Labute approximate surface area is 181 Å². The minimum Gasteiger partial charge on any atom is -0.493 e. The van der Waals surface area contributed by atoms with E-state index in [4.69, 9.17) is 9.72 Å². The third-order valence-electron chi connectivity index (χ3n) is 5.21. The highest BCUT2D eigenvalue weighted by molar-refractivity contribution is 5.77. The summed E-state index contributed by atoms with van der Waals surface area (Å²) in [5.74, 6) is 1.52. The van der Waals surface area contributed by atoms with E-state index in [1.54, 1.807) is 12.1 Å². The Morgan fingerprint density at radius 1 is 1.13 bits per heavy atom. The summed E-state index contributed by atoms with van der Waals surface area (Å²) in [5, 5.41) is 3.23. The van der Waals surface area contributed by atoms with Gasteiger partial charge in [-0.1, -0.05) is 18.2 Å². The average molecular weight is 420 g/mol. The van der Waals surface area contributed by atoms with Gasteiger partial charge in [0.1, 0.15) is 23.2 Å². The van der Waals surface area contributed by atoms with Gasteiger partial charge >= 0.3 is 0 Å². The Balaban J connectivity index is 1.39. The van der Waals surface area contributed by atoms with E-state index in [1.807, 2.05) is 48.2 Å². The molecule has 3 heterocycles. The van der Waals surface area contributed by atoms with Crippen molar-refractivity contribution in [2.75, 3.05) is 18.5 Å². The van der Waals surface area contributed by atoms with E-state index < -0.39 is 0 Å². The van der Waals surface area contributed by atoms with Crippen LogP contribution in [0, 0.1) is 12.7 Å². The number of pyridine rings is 2. The number of nitrogens with one attached hydrogen (secondary N) is 1. The number of anilines is 2. The Morgan fingerprint density at radius 2 is 1.90 bits per heavy atom. The quantitative estimate of drug-likeness (QED) is 0.595. The normalized spacial score (nSPS) is 15.7. The zero-order valence-corrected chi connectivity index (χ0v) is 17.4. The van der Waals surface area contributed by atoms with Crippen molar-refractivity contribution in [3.05, 3.63) is 77.9 Å². The highest BCUT2D eigenvalue weighted by Crippen LogP contribution is 2.32. The Kier molecular flexibility index (Phi) is 6.40. The number of aromatic nitrogens is 2. The molecular formula is C24H25FN4O2. The lowest BCUT2D eigenvalue weighted by atomic mass is 10.1. The summed E-state index contributed by atoms with van der Waals surface area (Å²) >= 11 is 0. The van der Waals surface area contributed by atoms with Gasteiger partial charge in [-0.25, -0.2) is 14.4 Å². The first-order chi connectivity index (χ1) is 15.1. The van der Waals surface area contributed by atoms with E-state index in [2.05, 4.69) is 10.3 Å². The zero-order valence-electron chi connectivity index (χ0n) is 17.4. The number of aryl methyl sites for hydroxylation is 1. The number of hydrogen-bond donors (Lipinski definition) is 1. The largest absolute Gasteiger partial charge is 0.493 e. The van der Waals surface area contributed by atoms with E-state index >= 15 is 0 Å². The Morgan fingerprint density at radius 3 is 2.71 bits per heavy atom. The summed E-state index contributed by atoms with van der Waals surface area (Å²) in [6, 6.07) is 17.4. The molecule has 7 heteroatoms. The van der Waals surface area contributed by atoms with Crippen molar-refractivity contribution in [2.24, 2.45) is 0 Å². The fraction of sp³-hybridized carbons (Fsp3) is 0.292. The van der Waals surface area contributed by atoms with E-state index in [1.165, 1.54) is 12.1 Å². The maximum atomic E-state index is 13.3.